The first-order valence-electron chi connectivity index (χ1n) is 8.09. The van der Waals surface area contributed by atoms with Crippen molar-refractivity contribution in [3.63, 3.8) is 0 Å². The number of nitrogens with zero attached hydrogens (tertiary/aromatic N) is 1. The van der Waals surface area contributed by atoms with Gasteiger partial charge in [-0.3, -0.25) is 9.59 Å². The number of carbonyl (C=O) groups is 2. The average molecular weight is 356 g/mol. The van der Waals surface area contributed by atoms with E-state index in [1.807, 2.05) is 44.2 Å². The lowest BCUT2D eigenvalue weighted by molar-refractivity contribution is -0.134. The molecule has 1 aromatic rings. The monoisotopic (exact) mass is 355 g/mol. The Morgan fingerprint density at radius 2 is 1.62 bits per heavy atom. The Bertz CT molecular complexity index is 520. The molecule has 0 aliphatic carbocycles. The van der Waals surface area contributed by atoms with E-state index in [0.29, 0.717) is 0 Å². The lowest BCUT2D eigenvalue weighted by Crippen LogP contribution is -2.48. The average Bonchev–Trinajstić information content (AvgIpc) is 2.52. The summed E-state index contributed by atoms with van der Waals surface area (Å²) in [7, 11) is 1.77. The van der Waals surface area contributed by atoms with Crippen LogP contribution < -0.4 is 11.1 Å². The molecule has 0 radical (unpaired) electrons. The van der Waals surface area contributed by atoms with Gasteiger partial charge >= 0.3 is 0 Å². The second-order valence-corrected chi connectivity index (χ2v) is 6.59. The van der Waals surface area contributed by atoms with Crippen molar-refractivity contribution >= 4 is 24.2 Å². The SMILES string of the molecule is CC(C)C(c1ccccc1)N(C)C(=O)CNC(=O)[C@@H](N)C(C)C.Cl. The molecule has 5 nitrogen and oxygen atoms in total. The first-order valence-corrected chi connectivity index (χ1v) is 8.09. The normalized spacial score (nSPS) is 13.2. The molecule has 0 bridgehead atoms. The van der Waals surface area contributed by atoms with Crippen LogP contribution in [0.25, 0.3) is 0 Å². The number of likely N-dealkylation sites (N-methyl/N-ethyl adjacent to an activating group) is 1. The van der Waals surface area contributed by atoms with Crippen molar-refractivity contribution < 1.29 is 9.59 Å². The zero-order valence-electron chi connectivity index (χ0n) is 15.2. The molecule has 0 aromatic heterocycles. The van der Waals surface area contributed by atoms with E-state index in [9.17, 15) is 9.59 Å². The highest BCUT2D eigenvalue weighted by Crippen LogP contribution is 2.27. The molecule has 2 atom stereocenters. The molecule has 0 saturated carbocycles. The van der Waals surface area contributed by atoms with Gasteiger partial charge in [-0.05, 0) is 17.4 Å². The van der Waals surface area contributed by atoms with Crippen molar-refractivity contribution in [1.82, 2.24) is 10.2 Å². The molecule has 136 valence electrons. The van der Waals surface area contributed by atoms with Crippen molar-refractivity contribution in [2.75, 3.05) is 13.6 Å². The third kappa shape index (κ3) is 6.13. The Kier molecular flexibility index (Phi) is 9.63. The van der Waals surface area contributed by atoms with E-state index >= 15 is 0 Å². The lowest BCUT2D eigenvalue weighted by atomic mass is 9.94. The van der Waals surface area contributed by atoms with Gasteiger partial charge in [0.2, 0.25) is 11.8 Å². The van der Waals surface area contributed by atoms with Crippen molar-refractivity contribution in [2.45, 2.75) is 39.8 Å². The summed E-state index contributed by atoms with van der Waals surface area (Å²) in [6.07, 6.45) is 0. The van der Waals surface area contributed by atoms with Crippen LogP contribution in [0.4, 0.5) is 0 Å². The molecule has 0 saturated heterocycles. The van der Waals surface area contributed by atoms with Crippen molar-refractivity contribution in [1.29, 1.82) is 0 Å². The molecule has 1 rings (SSSR count). The van der Waals surface area contributed by atoms with Crippen LogP contribution in [0.15, 0.2) is 30.3 Å². The number of halogens is 1. The van der Waals surface area contributed by atoms with Crippen LogP contribution >= 0.6 is 12.4 Å². The molecular weight excluding hydrogens is 326 g/mol. The molecule has 1 aromatic carbocycles. The Morgan fingerprint density at radius 1 is 1.08 bits per heavy atom. The smallest absolute Gasteiger partial charge is 0.242 e. The fourth-order valence-corrected chi connectivity index (χ4v) is 2.57. The number of nitrogens with one attached hydrogen (secondary N) is 1. The first-order chi connectivity index (χ1) is 10.8. The quantitative estimate of drug-likeness (QED) is 0.788. The first kappa shape index (κ1) is 22.4. The molecule has 2 amide bonds. The predicted molar refractivity (Wildman–Crippen MR) is 99.9 cm³/mol. The summed E-state index contributed by atoms with van der Waals surface area (Å²) >= 11 is 0. The van der Waals surface area contributed by atoms with Gasteiger partial charge in [-0.15, -0.1) is 12.4 Å². The summed E-state index contributed by atoms with van der Waals surface area (Å²) in [5.74, 6) is -0.116. The van der Waals surface area contributed by atoms with Gasteiger partial charge in [-0.2, -0.15) is 0 Å². The Labute approximate surface area is 151 Å². The maximum absolute atomic E-state index is 12.4. The largest absolute Gasteiger partial charge is 0.346 e. The second-order valence-electron chi connectivity index (χ2n) is 6.59. The fraction of sp³-hybridized carbons (Fsp3) is 0.556. The van der Waals surface area contributed by atoms with E-state index in [2.05, 4.69) is 19.2 Å². The molecule has 0 aliphatic heterocycles. The minimum Gasteiger partial charge on any atom is -0.346 e. The Hall–Kier alpha value is -1.59. The van der Waals surface area contributed by atoms with Crippen molar-refractivity contribution in [3.05, 3.63) is 35.9 Å². The number of hydrogen-bond donors (Lipinski definition) is 2. The lowest BCUT2D eigenvalue weighted by Gasteiger charge is -2.32. The van der Waals surface area contributed by atoms with Crippen LogP contribution in [0, 0.1) is 11.8 Å². The van der Waals surface area contributed by atoms with E-state index in [1.54, 1.807) is 11.9 Å². The van der Waals surface area contributed by atoms with Crippen LogP contribution in [-0.4, -0.2) is 36.3 Å². The molecular formula is C18H30ClN3O2. The highest BCUT2D eigenvalue weighted by molar-refractivity contribution is 5.87. The number of carbonyl (C=O) groups excluding carboxylic acids is 2. The molecule has 0 aliphatic rings. The molecule has 0 spiro atoms. The van der Waals surface area contributed by atoms with Crippen molar-refractivity contribution in [2.24, 2.45) is 17.6 Å². The van der Waals surface area contributed by atoms with Crippen LogP contribution in [0.3, 0.4) is 0 Å². The van der Waals surface area contributed by atoms with Crippen LogP contribution in [0.2, 0.25) is 0 Å². The van der Waals surface area contributed by atoms with Gasteiger partial charge in [0.05, 0.1) is 18.6 Å². The van der Waals surface area contributed by atoms with Crippen LogP contribution in [0.1, 0.15) is 39.3 Å². The van der Waals surface area contributed by atoms with Gasteiger partial charge in [0, 0.05) is 7.05 Å². The molecule has 0 fully saturated rings. The number of amides is 2. The van der Waals surface area contributed by atoms with Gasteiger partial charge in [-0.25, -0.2) is 0 Å². The highest BCUT2D eigenvalue weighted by atomic mass is 35.5. The third-order valence-electron chi connectivity index (χ3n) is 4.02. The topological polar surface area (TPSA) is 75.4 Å². The molecule has 24 heavy (non-hydrogen) atoms. The van der Waals surface area contributed by atoms with E-state index in [0.717, 1.165) is 5.56 Å². The highest BCUT2D eigenvalue weighted by Gasteiger charge is 2.25. The maximum Gasteiger partial charge on any atom is 0.242 e. The minimum absolute atomic E-state index is 0. The maximum atomic E-state index is 12.4. The second kappa shape index (κ2) is 10.3. The van der Waals surface area contributed by atoms with E-state index in [-0.39, 0.29) is 48.6 Å². The predicted octanol–water partition coefficient (Wildman–Crippen LogP) is 2.36. The van der Waals surface area contributed by atoms with Gasteiger partial charge in [0.25, 0.3) is 0 Å². The number of rotatable bonds is 7. The summed E-state index contributed by atoms with van der Waals surface area (Å²) in [5.41, 5.74) is 6.87. The van der Waals surface area contributed by atoms with Gasteiger partial charge in [0.15, 0.2) is 0 Å². The standard InChI is InChI=1S/C18H29N3O2.ClH/c1-12(2)16(19)18(23)20-11-15(22)21(5)17(13(3)4)14-9-7-6-8-10-14;/h6-10,12-13,16-17H,11,19H2,1-5H3,(H,20,23);1H/t16-,17?;/m0./s1. The van der Waals surface area contributed by atoms with Crippen molar-refractivity contribution in [3.8, 4) is 0 Å². The minimum atomic E-state index is -0.594. The fourth-order valence-electron chi connectivity index (χ4n) is 2.57. The summed E-state index contributed by atoms with van der Waals surface area (Å²) in [6, 6.07) is 9.29. The van der Waals surface area contributed by atoms with E-state index in [4.69, 9.17) is 5.73 Å². The zero-order chi connectivity index (χ0) is 17.6. The van der Waals surface area contributed by atoms with Gasteiger partial charge < -0.3 is 16.0 Å². The van der Waals surface area contributed by atoms with E-state index in [1.165, 1.54) is 0 Å². The number of hydrogen-bond acceptors (Lipinski definition) is 3. The molecule has 6 heteroatoms. The molecule has 1 unspecified atom stereocenters. The molecule has 0 heterocycles. The molecule has 3 N–H and O–H groups in total. The summed E-state index contributed by atoms with van der Waals surface area (Å²) in [4.78, 5) is 26.0. The van der Waals surface area contributed by atoms with Gasteiger partial charge in [0.1, 0.15) is 0 Å². The summed E-state index contributed by atoms with van der Waals surface area (Å²) in [6.45, 7) is 7.87. The number of nitrogens with two attached hydrogens (primary N) is 1. The Balaban J connectivity index is 0.00000529. The van der Waals surface area contributed by atoms with Gasteiger partial charge in [-0.1, -0.05) is 58.0 Å². The third-order valence-corrected chi connectivity index (χ3v) is 4.02. The zero-order valence-corrected chi connectivity index (χ0v) is 16.0. The summed E-state index contributed by atoms with van der Waals surface area (Å²) in [5, 5.41) is 2.63. The number of benzene rings is 1. The van der Waals surface area contributed by atoms with Crippen LogP contribution in [0.5, 0.6) is 0 Å². The summed E-state index contributed by atoms with van der Waals surface area (Å²) < 4.78 is 0. The van der Waals surface area contributed by atoms with E-state index < -0.39 is 6.04 Å². The Morgan fingerprint density at radius 3 is 2.08 bits per heavy atom. The van der Waals surface area contributed by atoms with Crippen LogP contribution in [-0.2, 0) is 9.59 Å².